The van der Waals surface area contributed by atoms with Gasteiger partial charge in [0, 0.05) is 19.3 Å². The molecule has 0 radical (unpaired) electrons. The van der Waals surface area contributed by atoms with Gasteiger partial charge in [0.25, 0.3) is 0 Å². The van der Waals surface area contributed by atoms with E-state index in [-0.39, 0.29) is 5.41 Å². The third kappa shape index (κ3) is 2.12. The van der Waals surface area contributed by atoms with E-state index < -0.39 is 0 Å². The fraction of sp³-hybridized carbons (Fsp3) is 0.538. The van der Waals surface area contributed by atoms with Crippen LogP contribution in [0.1, 0.15) is 27.7 Å². The van der Waals surface area contributed by atoms with Gasteiger partial charge < -0.3 is 9.88 Å². The van der Waals surface area contributed by atoms with Crippen LogP contribution in [-0.2, 0) is 0 Å². The van der Waals surface area contributed by atoms with Gasteiger partial charge in [-0.2, -0.15) is 0 Å². The number of nitrogens with one attached hydrogen (secondary N) is 1. The maximum atomic E-state index is 4.41. The molecule has 0 aliphatic carbocycles. The highest BCUT2D eigenvalue weighted by atomic mass is 15.2. The molecule has 0 fully saturated rings. The average molecular weight is 232 g/mol. The highest BCUT2D eigenvalue weighted by Gasteiger charge is 2.25. The van der Waals surface area contributed by atoms with E-state index in [1.165, 1.54) is 0 Å². The topological polar surface area (TPSA) is 44.8 Å². The van der Waals surface area contributed by atoms with Crippen molar-refractivity contribution in [2.75, 3.05) is 11.9 Å². The Hall–Kier alpha value is -1.58. The van der Waals surface area contributed by atoms with Crippen molar-refractivity contribution in [3.63, 3.8) is 0 Å². The average Bonchev–Trinajstić information content (AvgIpc) is 2.73. The lowest BCUT2D eigenvalue weighted by atomic mass is 9.87. The van der Waals surface area contributed by atoms with Crippen LogP contribution >= 0.6 is 0 Å². The van der Waals surface area contributed by atoms with Gasteiger partial charge in [0.05, 0.1) is 5.39 Å². The molecule has 2 rings (SSSR count). The van der Waals surface area contributed by atoms with Crippen molar-refractivity contribution < 1.29 is 0 Å². The molecule has 0 bridgehead atoms. The normalized spacial score (nSPS) is 13.9. The van der Waals surface area contributed by atoms with Crippen LogP contribution in [0.3, 0.4) is 0 Å². The molecule has 92 valence electrons. The molecule has 1 atom stereocenters. The zero-order valence-corrected chi connectivity index (χ0v) is 11.2. The SMILES string of the molecule is CC(N(C)c1ncnc2[nH]ccc12)C(C)(C)C. The highest BCUT2D eigenvalue weighted by molar-refractivity contribution is 5.87. The number of aromatic amines is 1. The van der Waals surface area contributed by atoms with Gasteiger partial charge in [0.15, 0.2) is 0 Å². The lowest BCUT2D eigenvalue weighted by molar-refractivity contribution is 0.329. The van der Waals surface area contributed by atoms with Crippen LogP contribution in [-0.4, -0.2) is 28.0 Å². The van der Waals surface area contributed by atoms with Gasteiger partial charge in [0.1, 0.15) is 17.8 Å². The summed E-state index contributed by atoms with van der Waals surface area (Å²) in [5.41, 5.74) is 1.10. The molecule has 4 heteroatoms. The Labute approximate surface area is 102 Å². The monoisotopic (exact) mass is 232 g/mol. The number of aromatic nitrogens is 3. The van der Waals surface area contributed by atoms with Crippen molar-refractivity contribution in [3.8, 4) is 0 Å². The number of anilines is 1. The van der Waals surface area contributed by atoms with Crippen molar-refractivity contribution in [1.82, 2.24) is 15.0 Å². The standard InChI is InChI=1S/C13H20N4/c1-9(13(2,3)4)17(5)12-10-6-7-14-11(10)15-8-16-12/h6-9H,1-5H3,(H,14,15,16). The van der Waals surface area contributed by atoms with Crippen LogP contribution < -0.4 is 4.90 Å². The van der Waals surface area contributed by atoms with E-state index in [0.717, 1.165) is 16.9 Å². The zero-order chi connectivity index (χ0) is 12.6. The Morgan fingerprint density at radius 1 is 1.29 bits per heavy atom. The summed E-state index contributed by atoms with van der Waals surface area (Å²) in [5.74, 6) is 0.985. The van der Waals surface area contributed by atoms with Crippen molar-refractivity contribution in [3.05, 3.63) is 18.6 Å². The van der Waals surface area contributed by atoms with Gasteiger partial charge in [-0.25, -0.2) is 9.97 Å². The fourth-order valence-electron chi connectivity index (χ4n) is 1.90. The minimum Gasteiger partial charge on any atom is -0.356 e. The molecule has 2 aromatic rings. The Morgan fingerprint density at radius 2 is 2.00 bits per heavy atom. The van der Waals surface area contributed by atoms with Gasteiger partial charge in [-0.3, -0.25) is 0 Å². The molecule has 1 unspecified atom stereocenters. The molecule has 0 saturated heterocycles. The molecule has 2 heterocycles. The number of fused-ring (bicyclic) bond motifs is 1. The molecular formula is C13H20N4. The summed E-state index contributed by atoms with van der Waals surface area (Å²) in [6.07, 6.45) is 3.51. The molecule has 0 aliphatic heterocycles. The second-order valence-electron chi connectivity index (χ2n) is 5.59. The van der Waals surface area contributed by atoms with Crippen LogP contribution in [0.2, 0.25) is 0 Å². The fourth-order valence-corrected chi connectivity index (χ4v) is 1.90. The number of hydrogen-bond donors (Lipinski definition) is 1. The number of hydrogen-bond acceptors (Lipinski definition) is 3. The summed E-state index contributed by atoms with van der Waals surface area (Å²) >= 11 is 0. The molecule has 0 amide bonds. The van der Waals surface area contributed by atoms with Crippen molar-refractivity contribution >= 4 is 16.9 Å². The summed E-state index contributed by atoms with van der Waals surface area (Å²) in [6, 6.07) is 2.42. The first kappa shape index (κ1) is 11.9. The highest BCUT2D eigenvalue weighted by Crippen LogP contribution is 2.29. The van der Waals surface area contributed by atoms with Crippen molar-refractivity contribution in [2.24, 2.45) is 5.41 Å². The molecule has 0 saturated carbocycles. The van der Waals surface area contributed by atoms with Crippen LogP contribution in [0.5, 0.6) is 0 Å². The third-order valence-electron chi connectivity index (χ3n) is 3.50. The maximum absolute atomic E-state index is 4.41. The summed E-state index contributed by atoms with van der Waals surface area (Å²) in [7, 11) is 2.09. The molecule has 2 aromatic heterocycles. The largest absolute Gasteiger partial charge is 0.356 e. The lowest BCUT2D eigenvalue weighted by Gasteiger charge is -2.36. The summed E-state index contributed by atoms with van der Waals surface area (Å²) in [5, 5.41) is 1.08. The smallest absolute Gasteiger partial charge is 0.142 e. The maximum Gasteiger partial charge on any atom is 0.142 e. The van der Waals surface area contributed by atoms with Crippen LogP contribution in [0, 0.1) is 5.41 Å². The lowest BCUT2D eigenvalue weighted by Crippen LogP contribution is -2.39. The predicted molar refractivity (Wildman–Crippen MR) is 71.2 cm³/mol. The Bertz CT molecular complexity index is 509. The first-order valence-electron chi connectivity index (χ1n) is 5.92. The van der Waals surface area contributed by atoms with Gasteiger partial charge in [-0.05, 0) is 18.4 Å². The first-order valence-corrected chi connectivity index (χ1v) is 5.92. The predicted octanol–water partition coefficient (Wildman–Crippen LogP) is 2.83. The van der Waals surface area contributed by atoms with Gasteiger partial charge in [-0.15, -0.1) is 0 Å². The third-order valence-corrected chi connectivity index (χ3v) is 3.50. The van der Waals surface area contributed by atoms with E-state index in [4.69, 9.17) is 0 Å². The Kier molecular flexibility index (Phi) is 2.81. The van der Waals surface area contributed by atoms with E-state index in [1.807, 2.05) is 12.3 Å². The van der Waals surface area contributed by atoms with Gasteiger partial charge in [-0.1, -0.05) is 20.8 Å². The molecule has 4 nitrogen and oxygen atoms in total. The first-order chi connectivity index (χ1) is 7.91. The Balaban J connectivity index is 2.43. The van der Waals surface area contributed by atoms with E-state index in [0.29, 0.717) is 6.04 Å². The molecule has 0 aliphatic rings. The van der Waals surface area contributed by atoms with E-state index >= 15 is 0 Å². The van der Waals surface area contributed by atoms with Crippen molar-refractivity contribution in [1.29, 1.82) is 0 Å². The number of H-pyrrole nitrogens is 1. The van der Waals surface area contributed by atoms with Crippen LogP contribution in [0.4, 0.5) is 5.82 Å². The molecule has 0 aromatic carbocycles. The second-order valence-corrected chi connectivity index (χ2v) is 5.59. The van der Waals surface area contributed by atoms with Gasteiger partial charge in [0.2, 0.25) is 0 Å². The van der Waals surface area contributed by atoms with Crippen LogP contribution in [0.25, 0.3) is 11.0 Å². The Morgan fingerprint density at radius 3 is 2.65 bits per heavy atom. The van der Waals surface area contributed by atoms with E-state index in [2.05, 4.69) is 54.6 Å². The molecular weight excluding hydrogens is 212 g/mol. The second kappa shape index (κ2) is 4.02. The minimum atomic E-state index is 0.211. The molecule has 1 N–H and O–H groups in total. The van der Waals surface area contributed by atoms with Gasteiger partial charge >= 0.3 is 0 Å². The van der Waals surface area contributed by atoms with E-state index in [1.54, 1.807) is 6.33 Å². The van der Waals surface area contributed by atoms with E-state index in [9.17, 15) is 0 Å². The zero-order valence-electron chi connectivity index (χ0n) is 11.2. The number of rotatable bonds is 2. The summed E-state index contributed by atoms with van der Waals surface area (Å²) in [6.45, 7) is 8.94. The summed E-state index contributed by atoms with van der Waals surface area (Å²) < 4.78 is 0. The summed E-state index contributed by atoms with van der Waals surface area (Å²) in [4.78, 5) is 14.0. The molecule has 0 spiro atoms. The quantitative estimate of drug-likeness (QED) is 0.866. The number of nitrogens with zero attached hydrogens (tertiary/aromatic N) is 3. The van der Waals surface area contributed by atoms with Crippen LogP contribution in [0.15, 0.2) is 18.6 Å². The minimum absolute atomic E-state index is 0.211. The molecule has 17 heavy (non-hydrogen) atoms. The van der Waals surface area contributed by atoms with Crippen molar-refractivity contribution in [2.45, 2.75) is 33.7 Å².